The standard InChI is InChI=1S/C13H26O2/c1-3-4-5-6-7-8-9-12(2)10-11-13(14)15/h12H,3-11H2,1-2H3,(H,14,15)/t12-/m1/s1. The number of hydrogen-bond donors (Lipinski definition) is 1. The first-order valence-corrected chi connectivity index (χ1v) is 6.38. The van der Waals surface area contributed by atoms with Gasteiger partial charge in [-0.15, -0.1) is 0 Å². The van der Waals surface area contributed by atoms with E-state index < -0.39 is 5.97 Å². The molecule has 15 heavy (non-hydrogen) atoms. The van der Waals surface area contributed by atoms with Gasteiger partial charge < -0.3 is 5.11 Å². The fraction of sp³-hybridized carbons (Fsp3) is 0.923. The molecule has 0 saturated heterocycles. The predicted molar refractivity (Wildman–Crippen MR) is 64.0 cm³/mol. The van der Waals surface area contributed by atoms with Crippen LogP contribution in [0.2, 0.25) is 0 Å². The molecule has 0 aliphatic heterocycles. The van der Waals surface area contributed by atoms with Crippen LogP contribution in [0.25, 0.3) is 0 Å². The molecule has 2 nitrogen and oxygen atoms in total. The third-order valence-corrected chi connectivity index (χ3v) is 2.90. The maximum atomic E-state index is 10.4. The second kappa shape index (κ2) is 10.0. The summed E-state index contributed by atoms with van der Waals surface area (Å²) in [6.45, 7) is 4.39. The summed E-state index contributed by atoms with van der Waals surface area (Å²) < 4.78 is 0. The lowest BCUT2D eigenvalue weighted by Gasteiger charge is -2.09. The van der Waals surface area contributed by atoms with E-state index >= 15 is 0 Å². The van der Waals surface area contributed by atoms with Crippen molar-refractivity contribution in [3.05, 3.63) is 0 Å². The zero-order chi connectivity index (χ0) is 11.5. The Morgan fingerprint density at radius 1 is 1.07 bits per heavy atom. The molecule has 0 unspecified atom stereocenters. The normalized spacial score (nSPS) is 12.7. The van der Waals surface area contributed by atoms with Gasteiger partial charge in [-0.25, -0.2) is 0 Å². The van der Waals surface area contributed by atoms with Gasteiger partial charge in [0.25, 0.3) is 0 Å². The highest BCUT2D eigenvalue weighted by atomic mass is 16.4. The summed E-state index contributed by atoms with van der Waals surface area (Å²) in [6, 6.07) is 0. The van der Waals surface area contributed by atoms with E-state index in [2.05, 4.69) is 13.8 Å². The molecule has 0 aliphatic carbocycles. The van der Waals surface area contributed by atoms with E-state index in [-0.39, 0.29) is 0 Å². The van der Waals surface area contributed by atoms with Crippen molar-refractivity contribution in [2.24, 2.45) is 5.92 Å². The van der Waals surface area contributed by atoms with E-state index in [4.69, 9.17) is 5.11 Å². The van der Waals surface area contributed by atoms with Crippen LogP contribution in [0, 0.1) is 5.92 Å². The summed E-state index contributed by atoms with van der Waals surface area (Å²) in [5, 5.41) is 8.53. The summed E-state index contributed by atoms with van der Waals surface area (Å²) in [7, 11) is 0. The summed E-state index contributed by atoms with van der Waals surface area (Å²) in [6.07, 6.45) is 10.3. The van der Waals surface area contributed by atoms with Crippen LogP contribution < -0.4 is 0 Å². The fourth-order valence-electron chi connectivity index (χ4n) is 1.79. The number of aliphatic carboxylic acids is 1. The lowest BCUT2D eigenvalue weighted by molar-refractivity contribution is -0.137. The van der Waals surface area contributed by atoms with Crippen LogP contribution in [0.4, 0.5) is 0 Å². The number of carbonyl (C=O) groups is 1. The largest absolute Gasteiger partial charge is 0.481 e. The molecular weight excluding hydrogens is 188 g/mol. The Morgan fingerprint density at radius 3 is 2.27 bits per heavy atom. The van der Waals surface area contributed by atoms with Crippen LogP contribution in [-0.2, 0) is 4.79 Å². The molecule has 0 rings (SSSR count). The molecule has 0 aromatic carbocycles. The number of carboxylic acids is 1. The van der Waals surface area contributed by atoms with E-state index in [1.807, 2.05) is 0 Å². The van der Waals surface area contributed by atoms with Crippen LogP contribution in [0.1, 0.15) is 71.6 Å². The molecule has 0 amide bonds. The molecular formula is C13H26O2. The van der Waals surface area contributed by atoms with Gasteiger partial charge in [-0.2, -0.15) is 0 Å². The van der Waals surface area contributed by atoms with Crippen molar-refractivity contribution in [1.29, 1.82) is 0 Å². The lowest BCUT2D eigenvalue weighted by Crippen LogP contribution is -2.01. The summed E-state index contributed by atoms with van der Waals surface area (Å²) in [5.74, 6) is -0.0860. The summed E-state index contributed by atoms with van der Waals surface area (Å²) >= 11 is 0. The monoisotopic (exact) mass is 214 g/mol. The number of rotatable bonds is 10. The lowest BCUT2D eigenvalue weighted by atomic mass is 9.97. The fourth-order valence-corrected chi connectivity index (χ4v) is 1.79. The van der Waals surface area contributed by atoms with E-state index in [1.54, 1.807) is 0 Å². The first-order chi connectivity index (χ1) is 7.16. The van der Waals surface area contributed by atoms with Gasteiger partial charge in [0.15, 0.2) is 0 Å². The zero-order valence-corrected chi connectivity index (χ0v) is 10.3. The highest BCUT2D eigenvalue weighted by Crippen LogP contribution is 2.15. The Bertz CT molecular complexity index is 155. The van der Waals surface area contributed by atoms with Crippen molar-refractivity contribution in [3.63, 3.8) is 0 Å². The maximum Gasteiger partial charge on any atom is 0.303 e. The van der Waals surface area contributed by atoms with Gasteiger partial charge in [-0.1, -0.05) is 58.8 Å². The van der Waals surface area contributed by atoms with Crippen LogP contribution in [-0.4, -0.2) is 11.1 Å². The van der Waals surface area contributed by atoms with Crippen molar-refractivity contribution in [3.8, 4) is 0 Å². The Labute approximate surface area is 94.1 Å². The number of carboxylic acid groups (broad SMARTS) is 1. The predicted octanol–water partition coefficient (Wildman–Crippen LogP) is 4.24. The Hall–Kier alpha value is -0.530. The molecule has 0 aliphatic rings. The minimum atomic E-state index is -0.662. The second-order valence-electron chi connectivity index (χ2n) is 4.59. The van der Waals surface area contributed by atoms with Crippen molar-refractivity contribution < 1.29 is 9.90 Å². The topological polar surface area (TPSA) is 37.3 Å². The van der Waals surface area contributed by atoms with Gasteiger partial charge in [0.2, 0.25) is 0 Å². The Balaban J connectivity index is 3.16. The molecule has 0 heterocycles. The van der Waals surface area contributed by atoms with Gasteiger partial charge in [0.1, 0.15) is 0 Å². The minimum absolute atomic E-state index is 0.330. The number of hydrogen-bond acceptors (Lipinski definition) is 1. The molecule has 0 spiro atoms. The first kappa shape index (κ1) is 14.5. The Kier molecular flexibility index (Phi) is 9.65. The van der Waals surface area contributed by atoms with Crippen molar-refractivity contribution in [1.82, 2.24) is 0 Å². The van der Waals surface area contributed by atoms with E-state index in [1.165, 1.54) is 44.9 Å². The van der Waals surface area contributed by atoms with Gasteiger partial charge in [0.05, 0.1) is 0 Å². The summed E-state index contributed by atoms with van der Waals surface area (Å²) in [5.41, 5.74) is 0. The van der Waals surface area contributed by atoms with Gasteiger partial charge in [0, 0.05) is 6.42 Å². The summed E-state index contributed by atoms with van der Waals surface area (Å²) in [4.78, 5) is 10.4. The van der Waals surface area contributed by atoms with Crippen molar-refractivity contribution in [2.45, 2.75) is 71.6 Å². The molecule has 0 radical (unpaired) electrons. The first-order valence-electron chi connectivity index (χ1n) is 6.38. The average molecular weight is 214 g/mol. The van der Waals surface area contributed by atoms with Crippen LogP contribution >= 0.6 is 0 Å². The second-order valence-corrected chi connectivity index (χ2v) is 4.59. The van der Waals surface area contributed by atoms with Gasteiger partial charge in [-0.3, -0.25) is 4.79 Å². The molecule has 1 atom stereocenters. The highest BCUT2D eigenvalue weighted by molar-refractivity contribution is 5.66. The molecule has 2 heteroatoms. The van der Waals surface area contributed by atoms with Crippen molar-refractivity contribution >= 4 is 5.97 Å². The maximum absolute atomic E-state index is 10.4. The molecule has 0 fully saturated rings. The Morgan fingerprint density at radius 2 is 1.67 bits per heavy atom. The smallest absolute Gasteiger partial charge is 0.303 e. The van der Waals surface area contributed by atoms with Gasteiger partial charge >= 0.3 is 5.97 Å². The molecule has 0 bridgehead atoms. The average Bonchev–Trinajstić information content (AvgIpc) is 2.20. The third-order valence-electron chi connectivity index (χ3n) is 2.90. The van der Waals surface area contributed by atoms with E-state index in [9.17, 15) is 4.79 Å². The highest BCUT2D eigenvalue weighted by Gasteiger charge is 2.04. The molecule has 1 N–H and O–H groups in total. The number of unbranched alkanes of at least 4 members (excludes halogenated alkanes) is 5. The molecule has 0 saturated carbocycles. The van der Waals surface area contributed by atoms with Crippen LogP contribution in [0.3, 0.4) is 0 Å². The van der Waals surface area contributed by atoms with Crippen LogP contribution in [0.5, 0.6) is 0 Å². The molecule has 90 valence electrons. The molecule has 0 aromatic rings. The van der Waals surface area contributed by atoms with Crippen molar-refractivity contribution in [2.75, 3.05) is 0 Å². The quantitative estimate of drug-likeness (QED) is 0.552. The van der Waals surface area contributed by atoms with E-state index in [0.29, 0.717) is 12.3 Å². The zero-order valence-electron chi connectivity index (χ0n) is 10.3. The van der Waals surface area contributed by atoms with Gasteiger partial charge in [-0.05, 0) is 12.3 Å². The third kappa shape index (κ3) is 11.4. The molecule has 0 aromatic heterocycles. The SMILES string of the molecule is CCCCCCCC[C@@H](C)CCC(=O)O. The minimum Gasteiger partial charge on any atom is -0.481 e. The van der Waals surface area contributed by atoms with E-state index in [0.717, 1.165) is 6.42 Å². The van der Waals surface area contributed by atoms with Crippen LogP contribution in [0.15, 0.2) is 0 Å².